The van der Waals surface area contributed by atoms with Crippen molar-refractivity contribution >= 4 is 0 Å². The minimum atomic E-state index is 0.602. The van der Waals surface area contributed by atoms with Crippen molar-refractivity contribution in [1.82, 2.24) is 5.32 Å². The molecule has 1 atom stereocenters. The molecule has 0 aromatic heterocycles. The molecule has 1 heterocycles. The fourth-order valence-electron chi connectivity index (χ4n) is 2.57. The van der Waals surface area contributed by atoms with Crippen LogP contribution >= 0.6 is 0 Å². The zero-order valence-corrected chi connectivity index (χ0v) is 11.4. The summed E-state index contributed by atoms with van der Waals surface area (Å²) in [5, 5.41) is 3.58. The molecular weight excluding hydrogens is 226 g/mol. The van der Waals surface area contributed by atoms with Gasteiger partial charge in [-0.2, -0.15) is 0 Å². The summed E-state index contributed by atoms with van der Waals surface area (Å²) < 4.78 is 10.6. The van der Waals surface area contributed by atoms with Crippen LogP contribution in [-0.2, 0) is 17.8 Å². The molecule has 18 heavy (non-hydrogen) atoms. The number of hydrogen-bond donors (Lipinski definition) is 1. The molecule has 1 aromatic carbocycles. The van der Waals surface area contributed by atoms with Crippen LogP contribution in [0.4, 0.5) is 0 Å². The van der Waals surface area contributed by atoms with Gasteiger partial charge in [0.25, 0.3) is 0 Å². The van der Waals surface area contributed by atoms with Crippen molar-refractivity contribution < 1.29 is 9.47 Å². The molecular formula is C15H23NO2. The van der Waals surface area contributed by atoms with Gasteiger partial charge >= 0.3 is 0 Å². The molecule has 0 aliphatic carbocycles. The van der Waals surface area contributed by atoms with Crippen LogP contribution < -0.4 is 10.1 Å². The number of benzene rings is 1. The van der Waals surface area contributed by atoms with Gasteiger partial charge in [-0.25, -0.2) is 0 Å². The molecule has 3 heteroatoms. The fourth-order valence-corrected chi connectivity index (χ4v) is 2.57. The summed E-state index contributed by atoms with van der Waals surface area (Å²) in [5.41, 5.74) is 2.45. The minimum Gasteiger partial charge on any atom is -0.496 e. The van der Waals surface area contributed by atoms with E-state index in [1.807, 2.05) is 0 Å². The van der Waals surface area contributed by atoms with E-state index in [-0.39, 0.29) is 0 Å². The standard InChI is InChI=1S/C15H23NO2/c1-17-11-13-7-6-12(10-15(13)18-2)9-14-5-3-4-8-16-14/h6-7,10,14,16H,3-5,8-9,11H2,1-2H3. The van der Waals surface area contributed by atoms with Crippen LogP contribution in [0.15, 0.2) is 18.2 Å². The normalized spacial score (nSPS) is 19.8. The van der Waals surface area contributed by atoms with Crippen molar-refractivity contribution in [2.75, 3.05) is 20.8 Å². The third-order valence-corrected chi connectivity index (χ3v) is 3.55. The summed E-state index contributed by atoms with van der Waals surface area (Å²) in [6.07, 6.45) is 5.02. The average Bonchev–Trinajstić information content (AvgIpc) is 2.42. The maximum atomic E-state index is 5.43. The fraction of sp³-hybridized carbons (Fsp3) is 0.600. The zero-order chi connectivity index (χ0) is 12.8. The molecule has 100 valence electrons. The molecule has 0 spiro atoms. The number of rotatable bonds is 5. The number of ether oxygens (including phenoxy) is 2. The molecule has 1 aliphatic heterocycles. The maximum absolute atomic E-state index is 5.43. The van der Waals surface area contributed by atoms with Crippen LogP contribution in [-0.4, -0.2) is 26.8 Å². The zero-order valence-electron chi connectivity index (χ0n) is 11.4. The molecule has 0 bridgehead atoms. The van der Waals surface area contributed by atoms with Crippen LogP contribution in [0.2, 0.25) is 0 Å². The van der Waals surface area contributed by atoms with Gasteiger partial charge in [0.05, 0.1) is 13.7 Å². The van der Waals surface area contributed by atoms with Gasteiger partial charge < -0.3 is 14.8 Å². The van der Waals surface area contributed by atoms with E-state index in [0.717, 1.165) is 24.3 Å². The lowest BCUT2D eigenvalue weighted by molar-refractivity contribution is 0.181. The molecule has 1 unspecified atom stereocenters. The first-order valence-corrected chi connectivity index (χ1v) is 6.71. The molecule has 1 aliphatic rings. The van der Waals surface area contributed by atoms with Crippen LogP contribution in [0.5, 0.6) is 5.75 Å². The summed E-state index contributed by atoms with van der Waals surface area (Å²) in [6, 6.07) is 7.06. The van der Waals surface area contributed by atoms with Crippen LogP contribution in [0, 0.1) is 0 Å². The first-order chi connectivity index (χ1) is 8.83. The smallest absolute Gasteiger partial charge is 0.124 e. The van der Waals surface area contributed by atoms with E-state index in [0.29, 0.717) is 12.6 Å². The summed E-state index contributed by atoms with van der Waals surface area (Å²) in [5.74, 6) is 0.935. The number of hydrogen-bond acceptors (Lipinski definition) is 3. The van der Waals surface area contributed by atoms with Crippen molar-refractivity contribution in [3.05, 3.63) is 29.3 Å². The second kappa shape index (κ2) is 6.76. The van der Waals surface area contributed by atoms with Gasteiger partial charge in [-0.1, -0.05) is 18.6 Å². The van der Waals surface area contributed by atoms with Gasteiger partial charge in [-0.05, 0) is 37.4 Å². The monoisotopic (exact) mass is 249 g/mol. The predicted octanol–water partition coefficient (Wildman–Crippen LogP) is 2.53. The third-order valence-electron chi connectivity index (χ3n) is 3.55. The molecule has 3 nitrogen and oxygen atoms in total. The highest BCUT2D eigenvalue weighted by Gasteiger charge is 2.14. The summed E-state index contributed by atoms with van der Waals surface area (Å²) in [7, 11) is 3.43. The lowest BCUT2D eigenvalue weighted by atomic mass is 9.97. The predicted molar refractivity (Wildman–Crippen MR) is 73.1 cm³/mol. The van der Waals surface area contributed by atoms with Gasteiger partial charge in [-0.3, -0.25) is 0 Å². The van der Waals surface area contributed by atoms with Gasteiger partial charge in [0.1, 0.15) is 5.75 Å². The highest BCUT2D eigenvalue weighted by molar-refractivity contribution is 5.37. The van der Waals surface area contributed by atoms with E-state index in [9.17, 15) is 0 Å². The first kappa shape index (κ1) is 13.4. The summed E-state index contributed by atoms with van der Waals surface area (Å²) >= 11 is 0. The molecule has 0 saturated carbocycles. The number of methoxy groups -OCH3 is 2. The Morgan fingerprint density at radius 1 is 1.28 bits per heavy atom. The van der Waals surface area contributed by atoms with Crippen molar-refractivity contribution in [2.24, 2.45) is 0 Å². The Kier molecular flexibility index (Phi) is 5.02. The van der Waals surface area contributed by atoms with Crippen molar-refractivity contribution in [1.29, 1.82) is 0 Å². The highest BCUT2D eigenvalue weighted by Crippen LogP contribution is 2.22. The molecule has 1 saturated heterocycles. The molecule has 0 amide bonds. The Labute approximate surface area is 109 Å². The topological polar surface area (TPSA) is 30.5 Å². The first-order valence-electron chi connectivity index (χ1n) is 6.71. The van der Waals surface area contributed by atoms with Crippen LogP contribution in [0.25, 0.3) is 0 Å². The highest BCUT2D eigenvalue weighted by atomic mass is 16.5. The van der Waals surface area contributed by atoms with Gasteiger partial charge in [-0.15, -0.1) is 0 Å². The molecule has 1 aromatic rings. The second-order valence-electron chi connectivity index (χ2n) is 4.93. The lowest BCUT2D eigenvalue weighted by Crippen LogP contribution is -2.35. The quantitative estimate of drug-likeness (QED) is 0.870. The molecule has 1 N–H and O–H groups in total. The molecule has 1 fully saturated rings. The van der Waals surface area contributed by atoms with Crippen LogP contribution in [0.1, 0.15) is 30.4 Å². The largest absolute Gasteiger partial charge is 0.496 e. The van der Waals surface area contributed by atoms with E-state index in [4.69, 9.17) is 9.47 Å². The Morgan fingerprint density at radius 2 is 2.17 bits per heavy atom. The Hall–Kier alpha value is -1.06. The van der Waals surface area contributed by atoms with E-state index < -0.39 is 0 Å². The van der Waals surface area contributed by atoms with Crippen molar-refractivity contribution in [3.8, 4) is 5.75 Å². The van der Waals surface area contributed by atoms with E-state index >= 15 is 0 Å². The van der Waals surface area contributed by atoms with E-state index in [2.05, 4.69) is 23.5 Å². The Balaban J connectivity index is 2.04. The van der Waals surface area contributed by atoms with Gasteiger partial charge in [0, 0.05) is 18.7 Å². The van der Waals surface area contributed by atoms with E-state index in [1.165, 1.54) is 24.8 Å². The van der Waals surface area contributed by atoms with Gasteiger partial charge in [0.15, 0.2) is 0 Å². The SMILES string of the molecule is COCc1ccc(CC2CCCCN2)cc1OC. The van der Waals surface area contributed by atoms with Crippen molar-refractivity contribution in [3.63, 3.8) is 0 Å². The maximum Gasteiger partial charge on any atom is 0.124 e. The number of nitrogens with one attached hydrogen (secondary N) is 1. The molecule has 2 rings (SSSR count). The van der Waals surface area contributed by atoms with E-state index in [1.54, 1.807) is 14.2 Å². The third kappa shape index (κ3) is 3.47. The van der Waals surface area contributed by atoms with Crippen LogP contribution in [0.3, 0.4) is 0 Å². The Bertz CT molecular complexity index is 373. The summed E-state index contributed by atoms with van der Waals surface area (Å²) in [4.78, 5) is 0. The molecule has 0 radical (unpaired) electrons. The lowest BCUT2D eigenvalue weighted by Gasteiger charge is -2.23. The van der Waals surface area contributed by atoms with Gasteiger partial charge in [0.2, 0.25) is 0 Å². The Morgan fingerprint density at radius 3 is 2.83 bits per heavy atom. The summed E-state index contributed by atoms with van der Waals surface area (Å²) in [6.45, 7) is 1.76. The van der Waals surface area contributed by atoms with Crippen molar-refractivity contribution in [2.45, 2.75) is 38.3 Å². The second-order valence-corrected chi connectivity index (χ2v) is 4.93. The minimum absolute atomic E-state index is 0.602. The number of piperidine rings is 1. The average molecular weight is 249 g/mol.